The van der Waals surface area contributed by atoms with Crippen molar-refractivity contribution in [3.8, 4) is 28.4 Å². The second kappa shape index (κ2) is 10.2. The van der Waals surface area contributed by atoms with Crippen molar-refractivity contribution in [2.45, 2.75) is 33.2 Å². The normalized spacial score (nSPS) is 14.9. The maximum absolute atomic E-state index is 12.9. The molecule has 1 aliphatic heterocycles. The summed E-state index contributed by atoms with van der Waals surface area (Å²) in [5.74, 6) is 1.55. The van der Waals surface area contributed by atoms with Crippen LogP contribution in [-0.2, 0) is 4.79 Å². The van der Waals surface area contributed by atoms with E-state index in [2.05, 4.69) is 37.3 Å². The molecular weight excluding hydrogens is 478 g/mol. The summed E-state index contributed by atoms with van der Waals surface area (Å²) < 4.78 is 16.8. The number of nitrogens with zero attached hydrogens (tertiary/aromatic N) is 3. The van der Waals surface area contributed by atoms with Gasteiger partial charge in [-0.2, -0.15) is 5.10 Å². The number of carbonyl (C=O) groups is 1. The van der Waals surface area contributed by atoms with Gasteiger partial charge in [0.15, 0.2) is 11.5 Å². The number of benzene rings is 3. The maximum atomic E-state index is 12.9. The lowest BCUT2D eigenvalue weighted by atomic mass is 9.88. The number of aromatic nitrogens is 1. The molecule has 194 valence electrons. The van der Waals surface area contributed by atoms with Gasteiger partial charge in [0.25, 0.3) is 0 Å². The van der Waals surface area contributed by atoms with Gasteiger partial charge < -0.3 is 14.2 Å². The fraction of sp³-hybridized carbons (Fsp3) is 0.258. The highest BCUT2D eigenvalue weighted by molar-refractivity contribution is 6.14. The van der Waals surface area contributed by atoms with Crippen molar-refractivity contribution < 1.29 is 19.0 Å². The highest BCUT2D eigenvalue weighted by Gasteiger charge is 2.36. The summed E-state index contributed by atoms with van der Waals surface area (Å²) in [6, 6.07) is 19.9. The fourth-order valence-corrected chi connectivity index (χ4v) is 5.26. The van der Waals surface area contributed by atoms with Crippen LogP contribution in [0.15, 0.2) is 65.8 Å². The summed E-state index contributed by atoms with van der Waals surface area (Å²) in [4.78, 5) is 17.8. The monoisotopic (exact) mass is 509 g/mol. The summed E-state index contributed by atoms with van der Waals surface area (Å²) in [5, 5.41) is 7.49. The van der Waals surface area contributed by atoms with E-state index in [-0.39, 0.29) is 11.9 Å². The molecule has 3 aromatic carbocycles. The molecule has 4 aromatic rings. The van der Waals surface area contributed by atoms with E-state index >= 15 is 0 Å². The third-order valence-electron chi connectivity index (χ3n) is 7.00. The number of pyridine rings is 1. The first-order valence-corrected chi connectivity index (χ1v) is 12.5. The van der Waals surface area contributed by atoms with Gasteiger partial charge in [-0.15, -0.1) is 0 Å². The average Bonchev–Trinajstić information content (AvgIpc) is 3.37. The van der Waals surface area contributed by atoms with E-state index in [1.54, 1.807) is 27.4 Å². The van der Waals surface area contributed by atoms with Crippen LogP contribution in [0.3, 0.4) is 0 Å². The summed E-state index contributed by atoms with van der Waals surface area (Å²) in [7, 11) is 4.77. The van der Waals surface area contributed by atoms with Gasteiger partial charge in [0.1, 0.15) is 5.75 Å². The zero-order valence-electron chi connectivity index (χ0n) is 22.5. The lowest BCUT2D eigenvalue weighted by Gasteiger charge is -2.23. The van der Waals surface area contributed by atoms with Crippen molar-refractivity contribution in [1.29, 1.82) is 0 Å². The Kier molecular flexibility index (Phi) is 6.76. The summed E-state index contributed by atoms with van der Waals surface area (Å²) in [6.07, 6.45) is 0.491. The Morgan fingerprint density at radius 1 is 0.868 bits per heavy atom. The predicted octanol–water partition coefficient (Wildman–Crippen LogP) is 6.24. The van der Waals surface area contributed by atoms with Crippen LogP contribution in [0, 0.1) is 13.8 Å². The Hall–Kier alpha value is -4.39. The molecule has 7 heteroatoms. The number of ether oxygens (including phenoxy) is 3. The molecule has 7 nitrogen and oxygen atoms in total. The second-order valence-electron chi connectivity index (χ2n) is 9.41. The van der Waals surface area contributed by atoms with Crippen LogP contribution in [-0.4, -0.2) is 42.9 Å². The molecule has 1 unspecified atom stereocenters. The molecule has 1 aliphatic rings. The van der Waals surface area contributed by atoms with Crippen LogP contribution in [0.1, 0.15) is 41.8 Å². The van der Waals surface area contributed by atoms with Crippen LogP contribution >= 0.6 is 0 Å². The first kappa shape index (κ1) is 25.3. The van der Waals surface area contributed by atoms with Crippen molar-refractivity contribution >= 4 is 22.5 Å². The largest absolute Gasteiger partial charge is 0.496 e. The molecule has 1 atom stereocenters. The van der Waals surface area contributed by atoms with E-state index in [0.717, 1.165) is 50.1 Å². The van der Waals surface area contributed by atoms with Crippen LogP contribution in [0.2, 0.25) is 0 Å². The molecule has 1 amide bonds. The number of methoxy groups -OCH3 is 3. The summed E-state index contributed by atoms with van der Waals surface area (Å²) in [6.45, 7) is 5.61. The molecule has 0 N–H and O–H groups in total. The molecule has 0 fully saturated rings. The smallest absolute Gasteiger partial charge is 0.240 e. The zero-order valence-corrected chi connectivity index (χ0v) is 22.5. The van der Waals surface area contributed by atoms with E-state index in [0.29, 0.717) is 23.7 Å². The number of hydrogen-bond acceptors (Lipinski definition) is 6. The molecule has 2 heterocycles. The molecule has 38 heavy (non-hydrogen) atoms. The topological polar surface area (TPSA) is 73.3 Å². The third kappa shape index (κ3) is 4.34. The highest BCUT2D eigenvalue weighted by Crippen LogP contribution is 2.44. The minimum Gasteiger partial charge on any atom is -0.496 e. The van der Waals surface area contributed by atoms with Crippen LogP contribution in [0.5, 0.6) is 17.2 Å². The minimum absolute atomic E-state index is 0.162. The first-order valence-electron chi connectivity index (χ1n) is 12.5. The predicted molar refractivity (Wildman–Crippen MR) is 149 cm³/mol. The van der Waals surface area contributed by atoms with Crippen LogP contribution in [0.25, 0.3) is 22.0 Å². The zero-order chi connectivity index (χ0) is 27.0. The molecule has 0 radical (unpaired) electrons. The van der Waals surface area contributed by atoms with Crippen molar-refractivity contribution in [3.63, 3.8) is 0 Å². The number of amides is 1. The number of carbonyl (C=O) groups excluding carboxylic acids is 1. The van der Waals surface area contributed by atoms with Gasteiger partial charge in [0.2, 0.25) is 5.91 Å². The Balaban J connectivity index is 1.72. The van der Waals surface area contributed by atoms with Crippen molar-refractivity contribution in [1.82, 2.24) is 9.99 Å². The Bertz CT molecular complexity index is 1560. The number of fused-ring (bicyclic) bond motifs is 1. The Morgan fingerprint density at radius 3 is 2.21 bits per heavy atom. The van der Waals surface area contributed by atoms with Crippen molar-refractivity contribution in [2.75, 3.05) is 21.3 Å². The third-order valence-corrected chi connectivity index (χ3v) is 7.00. The minimum atomic E-state index is -0.381. The molecule has 0 aliphatic carbocycles. The lowest BCUT2D eigenvalue weighted by Crippen LogP contribution is -2.24. The van der Waals surface area contributed by atoms with Crippen molar-refractivity contribution in [3.05, 3.63) is 83.0 Å². The van der Waals surface area contributed by atoms with Gasteiger partial charge in [-0.1, -0.05) is 42.0 Å². The van der Waals surface area contributed by atoms with Gasteiger partial charge in [-0.25, -0.2) is 5.01 Å². The van der Waals surface area contributed by atoms with E-state index in [9.17, 15) is 4.79 Å². The number of rotatable bonds is 6. The summed E-state index contributed by atoms with van der Waals surface area (Å²) >= 11 is 0. The molecular formula is C31H31N3O4. The molecule has 0 saturated carbocycles. The number of hydrazone groups is 1. The van der Waals surface area contributed by atoms with Gasteiger partial charge in [0.05, 0.1) is 38.6 Å². The van der Waals surface area contributed by atoms with Crippen LogP contribution in [0.4, 0.5) is 0 Å². The first-order chi connectivity index (χ1) is 18.4. The molecule has 0 saturated heterocycles. The van der Waals surface area contributed by atoms with Gasteiger partial charge in [-0.05, 0) is 37.6 Å². The van der Waals surface area contributed by atoms with E-state index in [1.165, 1.54) is 11.9 Å². The molecule has 5 rings (SSSR count). The maximum Gasteiger partial charge on any atom is 0.240 e. The van der Waals surface area contributed by atoms with Gasteiger partial charge >= 0.3 is 0 Å². The standard InChI is InChI=1S/C31H31N3O4/c1-18-12-13-24-22(14-18)31(21-10-8-7-9-11-21)30(19(2)32-24)25-16-26(34(33-25)20(3)35)23-15-28(37-5)29(38-6)17-27(23)36-4/h7-15,17,26H,16H2,1-6H3. The molecule has 1 aromatic heterocycles. The molecule has 0 spiro atoms. The summed E-state index contributed by atoms with van der Waals surface area (Å²) in [5.41, 5.74) is 7.63. The number of aryl methyl sites for hydroxylation is 2. The highest BCUT2D eigenvalue weighted by atomic mass is 16.5. The number of hydrogen-bond donors (Lipinski definition) is 0. The van der Waals surface area contributed by atoms with Gasteiger partial charge in [0, 0.05) is 47.2 Å². The van der Waals surface area contributed by atoms with E-state index in [4.69, 9.17) is 24.3 Å². The SMILES string of the molecule is COc1cc(OC)c(C2CC(c3c(C)nc4ccc(C)cc4c3-c3ccccc3)=NN2C(C)=O)cc1OC. The average molecular weight is 510 g/mol. The Labute approximate surface area is 222 Å². The lowest BCUT2D eigenvalue weighted by molar-refractivity contribution is -0.130. The van der Waals surface area contributed by atoms with Gasteiger partial charge in [-0.3, -0.25) is 9.78 Å². The second-order valence-corrected chi connectivity index (χ2v) is 9.41. The van der Waals surface area contributed by atoms with E-state index in [1.807, 2.05) is 31.2 Å². The van der Waals surface area contributed by atoms with Crippen molar-refractivity contribution in [2.24, 2.45) is 5.10 Å². The Morgan fingerprint density at radius 2 is 1.55 bits per heavy atom. The molecule has 0 bridgehead atoms. The van der Waals surface area contributed by atoms with E-state index < -0.39 is 0 Å². The van der Waals surface area contributed by atoms with Crippen LogP contribution < -0.4 is 14.2 Å². The quantitative estimate of drug-likeness (QED) is 0.308. The fourth-order valence-electron chi connectivity index (χ4n) is 5.26.